The number of rotatable bonds is 4. The number of hydrogen-bond acceptors (Lipinski definition) is 3. The third kappa shape index (κ3) is 2.87. The van der Waals surface area contributed by atoms with Crippen LogP contribution < -0.4 is 10.1 Å². The standard InChI is InChI=1S/C14H18BrNO2/c15-14-11(13-8-16-6-7-17-13)2-1-3-12(14)18-9-10-4-5-10/h1-3,10,13,16H,4-9H2. The average molecular weight is 312 g/mol. The molecule has 1 aromatic rings. The van der Waals surface area contributed by atoms with Crippen LogP contribution in [0.1, 0.15) is 24.5 Å². The van der Waals surface area contributed by atoms with Crippen molar-refractivity contribution >= 4 is 15.9 Å². The van der Waals surface area contributed by atoms with Crippen molar-refractivity contribution in [1.29, 1.82) is 0 Å². The van der Waals surface area contributed by atoms with Crippen LogP contribution in [-0.2, 0) is 4.74 Å². The molecule has 3 nitrogen and oxygen atoms in total. The molecule has 1 saturated carbocycles. The number of benzene rings is 1. The van der Waals surface area contributed by atoms with E-state index in [1.807, 2.05) is 12.1 Å². The third-order valence-electron chi connectivity index (χ3n) is 3.44. The van der Waals surface area contributed by atoms with Crippen molar-refractivity contribution in [2.45, 2.75) is 18.9 Å². The fraction of sp³-hybridized carbons (Fsp3) is 0.571. The van der Waals surface area contributed by atoms with E-state index in [9.17, 15) is 0 Å². The minimum absolute atomic E-state index is 0.123. The molecular weight excluding hydrogens is 294 g/mol. The van der Waals surface area contributed by atoms with Crippen molar-refractivity contribution in [1.82, 2.24) is 5.32 Å². The second-order valence-corrected chi connectivity index (χ2v) is 5.77. The molecule has 0 amide bonds. The fourth-order valence-corrected chi connectivity index (χ4v) is 2.78. The summed E-state index contributed by atoms with van der Waals surface area (Å²) in [6, 6.07) is 6.16. The summed E-state index contributed by atoms with van der Waals surface area (Å²) in [5.74, 6) is 1.71. The first-order valence-corrected chi connectivity index (χ1v) is 7.37. The number of nitrogens with one attached hydrogen (secondary N) is 1. The van der Waals surface area contributed by atoms with Gasteiger partial charge in [-0.15, -0.1) is 0 Å². The van der Waals surface area contributed by atoms with E-state index >= 15 is 0 Å². The van der Waals surface area contributed by atoms with Crippen molar-refractivity contribution in [3.63, 3.8) is 0 Å². The quantitative estimate of drug-likeness (QED) is 0.927. The first kappa shape index (κ1) is 12.5. The fourth-order valence-electron chi connectivity index (χ4n) is 2.15. The van der Waals surface area contributed by atoms with Gasteiger partial charge in [-0.25, -0.2) is 0 Å². The van der Waals surface area contributed by atoms with E-state index in [0.29, 0.717) is 0 Å². The van der Waals surface area contributed by atoms with Crippen LogP contribution in [0, 0.1) is 5.92 Å². The molecule has 1 aromatic carbocycles. The Bertz CT molecular complexity index is 414. The highest BCUT2D eigenvalue weighted by atomic mass is 79.9. The zero-order valence-corrected chi connectivity index (χ0v) is 11.9. The molecule has 1 aliphatic heterocycles. The van der Waals surface area contributed by atoms with Gasteiger partial charge in [-0.3, -0.25) is 0 Å². The maximum absolute atomic E-state index is 5.87. The van der Waals surface area contributed by atoms with Gasteiger partial charge in [-0.2, -0.15) is 0 Å². The predicted molar refractivity (Wildman–Crippen MR) is 73.9 cm³/mol. The van der Waals surface area contributed by atoms with Gasteiger partial charge in [0.05, 0.1) is 23.8 Å². The van der Waals surface area contributed by atoms with Gasteiger partial charge in [0.25, 0.3) is 0 Å². The number of morpholine rings is 1. The molecule has 4 heteroatoms. The van der Waals surface area contributed by atoms with Crippen LogP contribution in [0.4, 0.5) is 0 Å². The summed E-state index contributed by atoms with van der Waals surface area (Å²) in [7, 11) is 0. The first-order chi connectivity index (χ1) is 8.84. The Hall–Kier alpha value is -0.580. The number of halogens is 1. The maximum atomic E-state index is 5.87. The molecule has 18 heavy (non-hydrogen) atoms. The summed E-state index contributed by atoms with van der Waals surface area (Å²) < 4.78 is 12.7. The Balaban J connectivity index is 1.73. The van der Waals surface area contributed by atoms with Gasteiger partial charge in [0.15, 0.2) is 0 Å². The maximum Gasteiger partial charge on any atom is 0.133 e. The van der Waals surface area contributed by atoms with Crippen LogP contribution in [-0.4, -0.2) is 26.3 Å². The molecule has 0 spiro atoms. The Labute approximate surface area is 116 Å². The monoisotopic (exact) mass is 311 g/mol. The summed E-state index contributed by atoms with van der Waals surface area (Å²) in [5.41, 5.74) is 1.18. The minimum atomic E-state index is 0.123. The Kier molecular flexibility index (Phi) is 3.87. The van der Waals surface area contributed by atoms with Gasteiger partial charge in [-0.1, -0.05) is 12.1 Å². The topological polar surface area (TPSA) is 30.5 Å². The lowest BCUT2D eigenvalue weighted by Gasteiger charge is -2.25. The van der Waals surface area contributed by atoms with Gasteiger partial charge in [0.2, 0.25) is 0 Å². The van der Waals surface area contributed by atoms with Crippen molar-refractivity contribution in [2.75, 3.05) is 26.3 Å². The SMILES string of the molecule is Brc1c(OCC2CC2)cccc1C1CNCCO1. The Morgan fingerprint density at radius 3 is 3.00 bits per heavy atom. The highest BCUT2D eigenvalue weighted by Crippen LogP contribution is 2.36. The summed E-state index contributed by atoms with van der Waals surface area (Å²) in [4.78, 5) is 0. The second kappa shape index (κ2) is 5.59. The molecule has 2 fully saturated rings. The summed E-state index contributed by atoms with van der Waals surface area (Å²) >= 11 is 3.65. The van der Waals surface area contributed by atoms with Crippen LogP contribution in [0.2, 0.25) is 0 Å². The average Bonchev–Trinajstić information content (AvgIpc) is 3.23. The molecule has 98 valence electrons. The first-order valence-electron chi connectivity index (χ1n) is 6.58. The molecule has 1 aliphatic carbocycles. The Morgan fingerprint density at radius 1 is 1.39 bits per heavy atom. The highest BCUT2D eigenvalue weighted by molar-refractivity contribution is 9.10. The smallest absolute Gasteiger partial charge is 0.133 e. The van der Waals surface area contributed by atoms with Crippen molar-refractivity contribution in [3.8, 4) is 5.75 Å². The van der Waals surface area contributed by atoms with E-state index < -0.39 is 0 Å². The van der Waals surface area contributed by atoms with Crippen molar-refractivity contribution in [3.05, 3.63) is 28.2 Å². The summed E-state index contributed by atoms with van der Waals surface area (Å²) in [6.45, 7) is 3.41. The van der Waals surface area contributed by atoms with E-state index in [2.05, 4.69) is 27.3 Å². The van der Waals surface area contributed by atoms with Crippen molar-refractivity contribution < 1.29 is 9.47 Å². The molecule has 1 N–H and O–H groups in total. The number of ether oxygens (including phenoxy) is 2. The molecule has 0 bridgehead atoms. The molecule has 1 atom stereocenters. The number of hydrogen-bond donors (Lipinski definition) is 1. The lowest BCUT2D eigenvalue weighted by molar-refractivity contribution is 0.0271. The van der Waals surface area contributed by atoms with Crippen LogP contribution in [0.5, 0.6) is 5.75 Å². The van der Waals surface area contributed by atoms with E-state index in [0.717, 1.165) is 42.4 Å². The van der Waals surface area contributed by atoms with Gasteiger partial charge in [0, 0.05) is 13.1 Å². The molecule has 0 radical (unpaired) electrons. The lowest BCUT2D eigenvalue weighted by Crippen LogP contribution is -2.33. The van der Waals surface area contributed by atoms with Crippen LogP contribution in [0.25, 0.3) is 0 Å². The molecule has 2 aliphatic rings. The van der Waals surface area contributed by atoms with E-state index in [1.54, 1.807) is 0 Å². The van der Waals surface area contributed by atoms with E-state index in [-0.39, 0.29) is 6.10 Å². The van der Waals surface area contributed by atoms with Crippen LogP contribution in [0.15, 0.2) is 22.7 Å². The zero-order chi connectivity index (χ0) is 12.4. The molecular formula is C14H18BrNO2. The molecule has 1 heterocycles. The van der Waals surface area contributed by atoms with Gasteiger partial charge in [-0.05, 0) is 46.3 Å². The molecule has 1 unspecified atom stereocenters. The Morgan fingerprint density at radius 2 is 2.28 bits per heavy atom. The predicted octanol–water partition coefficient (Wildman–Crippen LogP) is 2.90. The lowest BCUT2D eigenvalue weighted by atomic mass is 10.1. The summed E-state index contributed by atoms with van der Waals surface area (Å²) in [5, 5.41) is 3.35. The second-order valence-electron chi connectivity index (χ2n) is 4.98. The van der Waals surface area contributed by atoms with Gasteiger partial charge in [0.1, 0.15) is 5.75 Å². The van der Waals surface area contributed by atoms with Crippen LogP contribution in [0.3, 0.4) is 0 Å². The molecule has 3 rings (SSSR count). The summed E-state index contributed by atoms with van der Waals surface area (Å²) in [6.07, 6.45) is 2.75. The highest BCUT2D eigenvalue weighted by Gasteiger charge is 2.24. The van der Waals surface area contributed by atoms with E-state index in [1.165, 1.54) is 18.4 Å². The zero-order valence-electron chi connectivity index (χ0n) is 10.3. The molecule has 0 aromatic heterocycles. The molecule has 1 saturated heterocycles. The van der Waals surface area contributed by atoms with Crippen LogP contribution >= 0.6 is 15.9 Å². The minimum Gasteiger partial charge on any atom is -0.492 e. The normalized spacial score (nSPS) is 23.9. The van der Waals surface area contributed by atoms with Gasteiger partial charge >= 0.3 is 0 Å². The third-order valence-corrected chi connectivity index (χ3v) is 4.29. The van der Waals surface area contributed by atoms with E-state index in [4.69, 9.17) is 9.47 Å². The van der Waals surface area contributed by atoms with Gasteiger partial charge < -0.3 is 14.8 Å². The largest absolute Gasteiger partial charge is 0.492 e. The van der Waals surface area contributed by atoms with Crippen molar-refractivity contribution in [2.24, 2.45) is 5.92 Å².